The number of nitrogens with one attached hydrogen (secondary N) is 1. The third-order valence-corrected chi connectivity index (χ3v) is 2.07. The predicted molar refractivity (Wildman–Crippen MR) is 53.6 cm³/mol. The van der Waals surface area contributed by atoms with Gasteiger partial charge in [0.25, 0.3) is 0 Å². The number of hydrogen-bond donors (Lipinski definition) is 1. The molecule has 1 atom stereocenters. The maximum absolute atomic E-state index is 3.32. The highest BCUT2D eigenvalue weighted by molar-refractivity contribution is 5.30. The fourth-order valence-electron chi connectivity index (χ4n) is 1.13. The Balaban J connectivity index is 2.61. The van der Waals surface area contributed by atoms with Crippen LogP contribution in [0.3, 0.4) is 0 Å². The summed E-state index contributed by atoms with van der Waals surface area (Å²) >= 11 is 0. The molecule has 1 unspecified atom stereocenters. The predicted octanol–water partition coefficient (Wildman–Crippen LogP) is 2.98. The third-order valence-electron chi connectivity index (χ3n) is 2.07. The van der Waals surface area contributed by atoms with Gasteiger partial charge in [0.2, 0.25) is 0 Å². The van der Waals surface area contributed by atoms with Crippen LogP contribution in [-0.2, 0) is 0 Å². The number of hydrogen-bond acceptors (Lipinski definition) is 1. The van der Waals surface area contributed by atoms with Gasteiger partial charge in [-0.2, -0.15) is 0 Å². The Kier molecular flexibility index (Phi) is 3.15. The van der Waals surface area contributed by atoms with Crippen molar-refractivity contribution in [3.63, 3.8) is 0 Å². The molecular formula is C11H17N. The first-order chi connectivity index (χ1) is 5.72. The number of dihydropyridines is 1. The van der Waals surface area contributed by atoms with Crippen molar-refractivity contribution in [2.24, 2.45) is 5.92 Å². The van der Waals surface area contributed by atoms with E-state index in [1.807, 2.05) is 0 Å². The van der Waals surface area contributed by atoms with Gasteiger partial charge in [0.1, 0.15) is 0 Å². The zero-order chi connectivity index (χ0) is 8.97. The second-order valence-corrected chi connectivity index (χ2v) is 3.34. The molecule has 0 bridgehead atoms. The summed E-state index contributed by atoms with van der Waals surface area (Å²) < 4.78 is 0. The Bertz CT molecular complexity index is 233. The maximum Gasteiger partial charge on any atom is 0.0343 e. The summed E-state index contributed by atoms with van der Waals surface area (Å²) in [4.78, 5) is 0. The summed E-state index contributed by atoms with van der Waals surface area (Å²) in [6.07, 6.45) is 9.74. The maximum atomic E-state index is 3.32. The lowest BCUT2D eigenvalue weighted by Gasteiger charge is -2.12. The van der Waals surface area contributed by atoms with Crippen LogP contribution in [0.4, 0.5) is 0 Å². The largest absolute Gasteiger partial charge is 0.359 e. The molecule has 0 aromatic heterocycles. The minimum absolute atomic E-state index is 0.656. The summed E-state index contributed by atoms with van der Waals surface area (Å²) in [7, 11) is 0. The molecule has 0 aromatic rings. The van der Waals surface area contributed by atoms with Gasteiger partial charge >= 0.3 is 0 Å². The summed E-state index contributed by atoms with van der Waals surface area (Å²) in [5.74, 6) is 0.656. The van der Waals surface area contributed by atoms with Gasteiger partial charge in [-0.3, -0.25) is 0 Å². The van der Waals surface area contributed by atoms with Crippen LogP contribution in [0.5, 0.6) is 0 Å². The average molecular weight is 163 g/mol. The van der Waals surface area contributed by atoms with Crippen molar-refractivity contribution in [3.8, 4) is 0 Å². The first-order valence-corrected chi connectivity index (χ1v) is 4.56. The molecule has 1 heteroatoms. The molecule has 1 aliphatic rings. The monoisotopic (exact) mass is 163 g/mol. The SMILES string of the molecule is CCC(C)/C=C1\C=CC=C(C)N1. The molecule has 0 saturated heterocycles. The topological polar surface area (TPSA) is 12.0 Å². The smallest absolute Gasteiger partial charge is 0.0343 e. The van der Waals surface area contributed by atoms with Gasteiger partial charge in [-0.15, -0.1) is 0 Å². The lowest BCUT2D eigenvalue weighted by Crippen LogP contribution is -2.12. The van der Waals surface area contributed by atoms with Crippen molar-refractivity contribution >= 4 is 0 Å². The van der Waals surface area contributed by atoms with E-state index in [1.165, 1.54) is 17.8 Å². The molecule has 0 fully saturated rings. The van der Waals surface area contributed by atoms with Crippen molar-refractivity contribution in [3.05, 3.63) is 35.7 Å². The zero-order valence-electron chi connectivity index (χ0n) is 8.09. The van der Waals surface area contributed by atoms with Gasteiger partial charge in [0.05, 0.1) is 0 Å². The summed E-state index contributed by atoms with van der Waals surface area (Å²) in [6, 6.07) is 0. The molecule has 0 saturated carbocycles. The molecule has 0 aliphatic carbocycles. The van der Waals surface area contributed by atoms with Gasteiger partial charge < -0.3 is 5.32 Å². The van der Waals surface area contributed by atoms with Crippen LogP contribution in [0.15, 0.2) is 35.7 Å². The second kappa shape index (κ2) is 4.15. The van der Waals surface area contributed by atoms with Gasteiger partial charge in [0.15, 0.2) is 0 Å². The van der Waals surface area contributed by atoms with Crippen LogP contribution < -0.4 is 5.32 Å². The highest BCUT2D eigenvalue weighted by Gasteiger charge is 1.99. The van der Waals surface area contributed by atoms with Crippen molar-refractivity contribution in [2.45, 2.75) is 27.2 Å². The Morgan fingerprint density at radius 3 is 2.92 bits per heavy atom. The first-order valence-electron chi connectivity index (χ1n) is 4.56. The summed E-state index contributed by atoms with van der Waals surface area (Å²) in [5, 5.41) is 3.32. The van der Waals surface area contributed by atoms with E-state index in [9.17, 15) is 0 Å². The molecular weight excluding hydrogens is 146 g/mol. The lowest BCUT2D eigenvalue weighted by atomic mass is 10.1. The Labute approximate surface area is 74.9 Å². The lowest BCUT2D eigenvalue weighted by molar-refractivity contribution is 0.688. The van der Waals surface area contributed by atoms with E-state index in [4.69, 9.17) is 0 Å². The molecule has 0 aromatic carbocycles. The molecule has 1 heterocycles. The molecule has 1 nitrogen and oxygen atoms in total. The normalized spacial score (nSPS) is 21.9. The van der Waals surface area contributed by atoms with Crippen molar-refractivity contribution in [2.75, 3.05) is 0 Å². The third kappa shape index (κ3) is 2.57. The molecule has 0 radical (unpaired) electrons. The minimum Gasteiger partial charge on any atom is -0.359 e. The van der Waals surface area contributed by atoms with E-state index in [1.54, 1.807) is 0 Å². The minimum atomic E-state index is 0.656. The molecule has 0 amide bonds. The Morgan fingerprint density at radius 1 is 1.58 bits per heavy atom. The number of rotatable bonds is 2. The van der Waals surface area contributed by atoms with E-state index in [2.05, 4.69) is 50.4 Å². The number of allylic oxidation sites excluding steroid dienone is 5. The van der Waals surface area contributed by atoms with Gasteiger partial charge in [0, 0.05) is 11.4 Å². The summed E-state index contributed by atoms with van der Waals surface area (Å²) in [5.41, 5.74) is 2.44. The quantitative estimate of drug-likeness (QED) is 0.660. The van der Waals surface area contributed by atoms with Gasteiger partial charge in [-0.25, -0.2) is 0 Å². The van der Waals surface area contributed by atoms with Crippen molar-refractivity contribution in [1.82, 2.24) is 5.32 Å². The highest BCUT2D eigenvalue weighted by Crippen LogP contribution is 2.10. The van der Waals surface area contributed by atoms with E-state index in [0.29, 0.717) is 5.92 Å². The average Bonchev–Trinajstić information content (AvgIpc) is 2.04. The van der Waals surface area contributed by atoms with Crippen molar-refractivity contribution < 1.29 is 0 Å². The first kappa shape index (κ1) is 9.11. The summed E-state index contributed by atoms with van der Waals surface area (Å²) in [6.45, 7) is 6.51. The molecule has 1 aliphatic heterocycles. The van der Waals surface area contributed by atoms with Crippen LogP contribution in [0.1, 0.15) is 27.2 Å². The van der Waals surface area contributed by atoms with E-state index < -0.39 is 0 Å². The van der Waals surface area contributed by atoms with Crippen LogP contribution in [0, 0.1) is 5.92 Å². The van der Waals surface area contributed by atoms with E-state index in [-0.39, 0.29) is 0 Å². The second-order valence-electron chi connectivity index (χ2n) is 3.34. The van der Waals surface area contributed by atoms with E-state index >= 15 is 0 Å². The fraction of sp³-hybridized carbons (Fsp3) is 0.455. The zero-order valence-corrected chi connectivity index (χ0v) is 8.09. The van der Waals surface area contributed by atoms with Crippen LogP contribution >= 0.6 is 0 Å². The van der Waals surface area contributed by atoms with Crippen LogP contribution in [0.2, 0.25) is 0 Å². The highest BCUT2D eigenvalue weighted by atomic mass is 14.9. The molecule has 1 N–H and O–H groups in total. The molecule has 0 spiro atoms. The fourth-order valence-corrected chi connectivity index (χ4v) is 1.13. The van der Waals surface area contributed by atoms with Gasteiger partial charge in [-0.1, -0.05) is 32.4 Å². The van der Waals surface area contributed by atoms with Crippen LogP contribution in [-0.4, -0.2) is 0 Å². The van der Waals surface area contributed by atoms with Gasteiger partial charge in [-0.05, 0) is 25.0 Å². The Hall–Kier alpha value is -0.980. The van der Waals surface area contributed by atoms with Crippen molar-refractivity contribution in [1.29, 1.82) is 0 Å². The molecule has 66 valence electrons. The molecule has 1 rings (SSSR count). The standard InChI is InChI=1S/C11H17N/c1-4-9(2)8-11-7-5-6-10(3)12-11/h5-9,12H,4H2,1-3H3/b11-8+. The van der Waals surface area contributed by atoms with E-state index in [0.717, 1.165) is 0 Å². The van der Waals surface area contributed by atoms with Crippen LogP contribution in [0.25, 0.3) is 0 Å². The molecule has 12 heavy (non-hydrogen) atoms. The Morgan fingerprint density at radius 2 is 2.33 bits per heavy atom.